The zero-order chi connectivity index (χ0) is 13.2. The van der Waals surface area contributed by atoms with Crippen molar-refractivity contribution in [2.75, 3.05) is 32.3 Å². The molecule has 0 aliphatic heterocycles. The van der Waals surface area contributed by atoms with Crippen LogP contribution in [0.4, 0.5) is 0 Å². The first-order chi connectivity index (χ1) is 8.83. The van der Waals surface area contributed by atoms with E-state index in [0.29, 0.717) is 6.61 Å². The Hall–Kier alpha value is -0.870. The van der Waals surface area contributed by atoms with Gasteiger partial charge in [-0.1, -0.05) is 19.1 Å². The summed E-state index contributed by atoms with van der Waals surface area (Å²) in [6, 6.07) is 6.03. The zero-order valence-corrected chi connectivity index (χ0v) is 12.3. The fourth-order valence-corrected chi connectivity index (χ4v) is 1.90. The molecule has 0 bridgehead atoms. The van der Waals surface area contributed by atoms with Gasteiger partial charge in [0.15, 0.2) is 11.5 Å². The van der Waals surface area contributed by atoms with Crippen molar-refractivity contribution in [3.63, 3.8) is 0 Å². The molecule has 4 heteroatoms. The first-order valence-electron chi connectivity index (χ1n) is 6.31. The highest BCUT2D eigenvalue weighted by Gasteiger charge is 2.09. The first-order valence-corrected chi connectivity index (χ1v) is 7.71. The molecule has 0 radical (unpaired) electrons. The monoisotopic (exact) mass is 269 g/mol. The summed E-state index contributed by atoms with van der Waals surface area (Å²) in [6.45, 7) is 4.71. The summed E-state index contributed by atoms with van der Waals surface area (Å²) in [7, 11) is 1.68. The van der Waals surface area contributed by atoms with Crippen LogP contribution in [0.25, 0.3) is 0 Å². The summed E-state index contributed by atoms with van der Waals surface area (Å²) in [5.41, 5.74) is 1.16. The van der Waals surface area contributed by atoms with Crippen molar-refractivity contribution in [2.45, 2.75) is 19.9 Å². The lowest BCUT2D eigenvalue weighted by Gasteiger charge is -2.15. The lowest BCUT2D eigenvalue weighted by Crippen LogP contribution is -2.15. The van der Waals surface area contributed by atoms with Gasteiger partial charge in [0.2, 0.25) is 0 Å². The molecule has 1 rings (SSSR count). The van der Waals surface area contributed by atoms with Gasteiger partial charge in [-0.2, -0.15) is 11.8 Å². The third kappa shape index (κ3) is 4.78. The van der Waals surface area contributed by atoms with E-state index in [1.54, 1.807) is 18.9 Å². The third-order valence-electron chi connectivity index (χ3n) is 2.56. The van der Waals surface area contributed by atoms with Gasteiger partial charge in [0.05, 0.1) is 13.7 Å². The van der Waals surface area contributed by atoms with E-state index < -0.39 is 0 Å². The molecule has 0 saturated heterocycles. The van der Waals surface area contributed by atoms with Gasteiger partial charge in [-0.3, -0.25) is 0 Å². The number of benzene rings is 1. The van der Waals surface area contributed by atoms with Gasteiger partial charge in [0, 0.05) is 17.9 Å². The Labute approximate surface area is 114 Å². The minimum absolute atomic E-state index is 0.711. The molecule has 1 aromatic rings. The van der Waals surface area contributed by atoms with Crippen LogP contribution in [-0.4, -0.2) is 32.3 Å². The second-order valence-corrected chi connectivity index (χ2v) is 4.95. The molecular weight excluding hydrogens is 246 g/mol. The van der Waals surface area contributed by atoms with E-state index >= 15 is 0 Å². The van der Waals surface area contributed by atoms with E-state index in [1.165, 1.54) is 0 Å². The second-order valence-electron chi connectivity index (χ2n) is 3.97. The van der Waals surface area contributed by atoms with Crippen molar-refractivity contribution < 1.29 is 9.47 Å². The Bertz CT molecular complexity index is 345. The zero-order valence-electron chi connectivity index (χ0n) is 11.5. The predicted molar refractivity (Wildman–Crippen MR) is 78.9 cm³/mol. The molecule has 3 nitrogen and oxygen atoms in total. The Balaban J connectivity index is 2.72. The molecule has 0 fully saturated rings. The normalized spacial score (nSPS) is 10.4. The minimum atomic E-state index is 0.711. The first kappa shape index (κ1) is 15.2. The van der Waals surface area contributed by atoms with Crippen LogP contribution in [0, 0.1) is 0 Å². The van der Waals surface area contributed by atoms with E-state index in [9.17, 15) is 0 Å². The van der Waals surface area contributed by atoms with Crippen LogP contribution < -0.4 is 14.8 Å². The van der Waals surface area contributed by atoms with Crippen LogP contribution in [0.5, 0.6) is 11.5 Å². The van der Waals surface area contributed by atoms with Gasteiger partial charge in [-0.05, 0) is 25.3 Å². The fourth-order valence-electron chi connectivity index (χ4n) is 1.65. The molecule has 18 heavy (non-hydrogen) atoms. The van der Waals surface area contributed by atoms with Crippen LogP contribution in [0.3, 0.4) is 0 Å². The molecule has 0 aliphatic carbocycles. The maximum atomic E-state index is 5.84. The van der Waals surface area contributed by atoms with Gasteiger partial charge in [0.1, 0.15) is 0 Å². The van der Waals surface area contributed by atoms with Gasteiger partial charge in [0.25, 0.3) is 0 Å². The molecule has 0 atom stereocenters. The van der Waals surface area contributed by atoms with Gasteiger partial charge in [-0.25, -0.2) is 0 Å². The van der Waals surface area contributed by atoms with E-state index in [1.807, 2.05) is 12.1 Å². The number of para-hydroxylation sites is 1. The summed E-state index contributed by atoms with van der Waals surface area (Å²) in [4.78, 5) is 0. The van der Waals surface area contributed by atoms with Gasteiger partial charge < -0.3 is 14.8 Å². The van der Waals surface area contributed by atoms with E-state index in [-0.39, 0.29) is 0 Å². The number of rotatable bonds is 9. The van der Waals surface area contributed by atoms with E-state index in [0.717, 1.165) is 42.3 Å². The lowest BCUT2D eigenvalue weighted by molar-refractivity contribution is 0.309. The van der Waals surface area contributed by atoms with E-state index in [4.69, 9.17) is 9.47 Å². The molecule has 0 amide bonds. The number of ether oxygens (including phenoxy) is 2. The SMILES string of the molecule is CCCNCc1cccc(OC)c1OCCSC. The van der Waals surface area contributed by atoms with E-state index in [2.05, 4.69) is 24.6 Å². The number of hydrogen-bond acceptors (Lipinski definition) is 4. The number of nitrogens with one attached hydrogen (secondary N) is 1. The number of thioether (sulfide) groups is 1. The molecule has 0 aliphatic rings. The topological polar surface area (TPSA) is 30.5 Å². The standard InChI is InChI=1S/C14H23NO2S/c1-4-8-15-11-12-6-5-7-13(16-2)14(12)17-9-10-18-3/h5-7,15H,4,8-11H2,1-3H3. The van der Waals surface area contributed by atoms with Crippen molar-refractivity contribution in [2.24, 2.45) is 0 Å². The molecule has 1 aromatic carbocycles. The highest BCUT2D eigenvalue weighted by atomic mass is 32.2. The maximum absolute atomic E-state index is 5.84. The summed E-state index contributed by atoms with van der Waals surface area (Å²) in [6.07, 6.45) is 3.21. The third-order valence-corrected chi connectivity index (χ3v) is 3.13. The van der Waals surface area contributed by atoms with Crippen LogP contribution >= 0.6 is 11.8 Å². The van der Waals surface area contributed by atoms with Crippen LogP contribution in [-0.2, 0) is 6.54 Å². The summed E-state index contributed by atoms with van der Waals surface area (Å²) in [5.74, 6) is 2.67. The second kappa shape index (κ2) is 9.11. The molecule has 0 heterocycles. The number of hydrogen-bond donors (Lipinski definition) is 1. The van der Waals surface area contributed by atoms with Crippen molar-refractivity contribution in [3.05, 3.63) is 23.8 Å². The average molecular weight is 269 g/mol. The molecule has 0 unspecified atom stereocenters. The van der Waals surface area contributed by atoms with Crippen molar-refractivity contribution in [1.82, 2.24) is 5.32 Å². The quantitative estimate of drug-likeness (QED) is 0.698. The summed E-state index contributed by atoms with van der Waals surface area (Å²) < 4.78 is 11.2. The van der Waals surface area contributed by atoms with Crippen molar-refractivity contribution in [1.29, 1.82) is 0 Å². The highest BCUT2D eigenvalue weighted by molar-refractivity contribution is 7.98. The summed E-state index contributed by atoms with van der Waals surface area (Å²) >= 11 is 1.78. The van der Waals surface area contributed by atoms with Crippen LogP contribution in [0.15, 0.2) is 18.2 Å². The average Bonchev–Trinajstić information content (AvgIpc) is 2.40. The predicted octanol–water partition coefficient (Wildman–Crippen LogP) is 2.94. The smallest absolute Gasteiger partial charge is 0.165 e. The minimum Gasteiger partial charge on any atom is -0.493 e. The van der Waals surface area contributed by atoms with Crippen LogP contribution in [0.2, 0.25) is 0 Å². The van der Waals surface area contributed by atoms with Crippen LogP contribution in [0.1, 0.15) is 18.9 Å². The molecule has 0 saturated carbocycles. The Morgan fingerprint density at radius 2 is 2.17 bits per heavy atom. The van der Waals surface area contributed by atoms with Gasteiger partial charge >= 0.3 is 0 Å². The fraction of sp³-hybridized carbons (Fsp3) is 0.571. The molecule has 1 N–H and O–H groups in total. The highest BCUT2D eigenvalue weighted by Crippen LogP contribution is 2.31. The molecule has 0 spiro atoms. The Morgan fingerprint density at radius 3 is 2.83 bits per heavy atom. The maximum Gasteiger partial charge on any atom is 0.165 e. The molecule has 102 valence electrons. The molecule has 0 aromatic heterocycles. The largest absolute Gasteiger partial charge is 0.493 e. The Morgan fingerprint density at radius 1 is 1.33 bits per heavy atom. The molecular formula is C14H23NO2S. The van der Waals surface area contributed by atoms with Crippen molar-refractivity contribution >= 4 is 11.8 Å². The summed E-state index contributed by atoms with van der Waals surface area (Å²) in [5, 5.41) is 3.39. The van der Waals surface area contributed by atoms with Crippen molar-refractivity contribution in [3.8, 4) is 11.5 Å². The Kier molecular flexibility index (Phi) is 7.69. The van der Waals surface area contributed by atoms with Gasteiger partial charge in [-0.15, -0.1) is 0 Å². The number of methoxy groups -OCH3 is 1. The lowest BCUT2D eigenvalue weighted by atomic mass is 10.2.